The number of hydrogen-bond acceptors (Lipinski definition) is 3. The highest BCUT2D eigenvalue weighted by molar-refractivity contribution is 6.03. The highest BCUT2D eigenvalue weighted by Gasteiger charge is 2.29. The van der Waals surface area contributed by atoms with Crippen molar-refractivity contribution in [3.63, 3.8) is 0 Å². The summed E-state index contributed by atoms with van der Waals surface area (Å²) in [5.41, 5.74) is 2.02. The van der Waals surface area contributed by atoms with Gasteiger partial charge in [0.1, 0.15) is 0 Å². The number of aromatic nitrogens is 1. The number of Topliss-reactive ketones (excluding diaryl/α,β-unsaturated/α-hetero) is 1. The number of rotatable bonds is 1. The molecular formula is C10H11NO3. The van der Waals surface area contributed by atoms with Gasteiger partial charge in [-0.3, -0.25) is 4.79 Å². The Labute approximate surface area is 81.5 Å². The topological polar surface area (TPSA) is 48.3 Å². The highest BCUT2D eigenvalue weighted by Crippen LogP contribution is 2.26. The Morgan fingerprint density at radius 3 is 2.86 bits per heavy atom. The van der Waals surface area contributed by atoms with Gasteiger partial charge < -0.3 is 9.30 Å². The van der Waals surface area contributed by atoms with Crippen LogP contribution in [0.3, 0.4) is 0 Å². The minimum atomic E-state index is -0.364. The van der Waals surface area contributed by atoms with E-state index in [-0.39, 0.29) is 11.8 Å². The van der Waals surface area contributed by atoms with Gasteiger partial charge in [0.05, 0.1) is 18.4 Å². The third kappa shape index (κ3) is 1.07. The largest absolute Gasteiger partial charge is 0.465 e. The lowest BCUT2D eigenvalue weighted by molar-refractivity contribution is 0.0599. The smallest absolute Gasteiger partial charge is 0.339 e. The van der Waals surface area contributed by atoms with Gasteiger partial charge >= 0.3 is 5.97 Å². The van der Waals surface area contributed by atoms with Crippen LogP contribution in [0.2, 0.25) is 0 Å². The predicted molar refractivity (Wildman–Crippen MR) is 49.4 cm³/mol. The average Bonchev–Trinajstić information content (AvgIpc) is 2.68. The van der Waals surface area contributed by atoms with E-state index in [9.17, 15) is 9.59 Å². The van der Waals surface area contributed by atoms with Crippen molar-refractivity contribution in [2.45, 2.75) is 12.8 Å². The molecule has 4 nitrogen and oxygen atoms in total. The molecule has 1 aromatic heterocycles. The van der Waals surface area contributed by atoms with E-state index in [2.05, 4.69) is 4.74 Å². The molecule has 0 unspecified atom stereocenters. The van der Waals surface area contributed by atoms with E-state index in [1.807, 2.05) is 0 Å². The summed E-state index contributed by atoms with van der Waals surface area (Å²) >= 11 is 0. The summed E-state index contributed by atoms with van der Waals surface area (Å²) in [5, 5.41) is 0. The molecule has 4 heteroatoms. The molecule has 0 bridgehead atoms. The van der Waals surface area contributed by atoms with Gasteiger partial charge in [0.15, 0.2) is 5.78 Å². The van der Waals surface area contributed by atoms with Crippen LogP contribution in [-0.2, 0) is 18.2 Å². The Morgan fingerprint density at radius 1 is 1.50 bits per heavy atom. The molecule has 14 heavy (non-hydrogen) atoms. The molecular weight excluding hydrogens is 182 g/mol. The van der Waals surface area contributed by atoms with Crippen molar-refractivity contribution >= 4 is 11.8 Å². The Balaban J connectivity index is 2.56. The fourth-order valence-corrected chi connectivity index (χ4v) is 1.94. The van der Waals surface area contributed by atoms with E-state index < -0.39 is 0 Å². The van der Waals surface area contributed by atoms with Crippen LogP contribution in [0.5, 0.6) is 0 Å². The number of fused-ring (bicyclic) bond motifs is 1. The third-order valence-electron chi connectivity index (χ3n) is 2.56. The molecule has 1 aliphatic rings. The number of methoxy groups -OCH3 is 1. The lowest BCUT2D eigenvalue weighted by atomic mass is 10.1. The maximum Gasteiger partial charge on any atom is 0.339 e. The molecule has 1 aliphatic carbocycles. The summed E-state index contributed by atoms with van der Waals surface area (Å²) in [6.07, 6.45) is 2.82. The molecule has 0 amide bonds. The summed E-state index contributed by atoms with van der Waals surface area (Å²) in [6, 6.07) is 0. The first-order valence-corrected chi connectivity index (χ1v) is 4.45. The fourth-order valence-electron chi connectivity index (χ4n) is 1.94. The molecule has 74 valence electrons. The van der Waals surface area contributed by atoms with Crippen molar-refractivity contribution in [1.29, 1.82) is 0 Å². The maximum absolute atomic E-state index is 11.4. The van der Waals surface area contributed by atoms with Crippen molar-refractivity contribution in [2.24, 2.45) is 7.05 Å². The second kappa shape index (κ2) is 2.97. The lowest BCUT2D eigenvalue weighted by Crippen LogP contribution is -2.02. The first-order chi connectivity index (χ1) is 6.65. The van der Waals surface area contributed by atoms with Gasteiger partial charge in [-0.15, -0.1) is 0 Å². The van der Waals surface area contributed by atoms with Crippen LogP contribution >= 0.6 is 0 Å². The molecule has 2 rings (SSSR count). The van der Waals surface area contributed by atoms with Gasteiger partial charge in [0, 0.05) is 19.7 Å². The zero-order valence-electron chi connectivity index (χ0n) is 8.16. The first kappa shape index (κ1) is 8.99. The molecule has 0 aliphatic heterocycles. The van der Waals surface area contributed by atoms with Gasteiger partial charge in [0.25, 0.3) is 0 Å². The van der Waals surface area contributed by atoms with Crippen LogP contribution in [0.15, 0.2) is 6.20 Å². The summed E-state index contributed by atoms with van der Waals surface area (Å²) in [5.74, 6) is -0.255. The molecule has 0 aromatic carbocycles. The van der Waals surface area contributed by atoms with Crippen molar-refractivity contribution in [1.82, 2.24) is 4.57 Å². The fraction of sp³-hybridized carbons (Fsp3) is 0.400. The molecule has 0 spiro atoms. The molecule has 0 N–H and O–H groups in total. The zero-order chi connectivity index (χ0) is 10.3. The van der Waals surface area contributed by atoms with E-state index >= 15 is 0 Å². The van der Waals surface area contributed by atoms with E-state index in [4.69, 9.17) is 0 Å². The molecule has 0 radical (unpaired) electrons. The number of carbonyl (C=O) groups excluding carboxylic acids is 2. The van der Waals surface area contributed by atoms with E-state index in [0.29, 0.717) is 24.1 Å². The summed E-state index contributed by atoms with van der Waals surface area (Å²) < 4.78 is 6.35. The first-order valence-electron chi connectivity index (χ1n) is 4.45. The number of nitrogens with zero attached hydrogens (tertiary/aromatic N) is 1. The minimum absolute atomic E-state index is 0.109. The van der Waals surface area contributed by atoms with Crippen molar-refractivity contribution in [2.75, 3.05) is 7.11 Å². The Kier molecular flexibility index (Phi) is 1.91. The van der Waals surface area contributed by atoms with E-state index in [1.165, 1.54) is 7.11 Å². The van der Waals surface area contributed by atoms with E-state index in [1.54, 1.807) is 17.8 Å². The number of esters is 1. The van der Waals surface area contributed by atoms with Gasteiger partial charge in [-0.25, -0.2) is 4.79 Å². The predicted octanol–water partition coefficient (Wildman–Crippen LogP) is 0.941. The van der Waals surface area contributed by atoms with Crippen molar-refractivity contribution < 1.29 is 14.3 Å². The number of ketones is 1. The van der Waals surface area contributed by atoms with Crippen molar-refractivity contribution in [3.05, 3.63) is 23.0 Å². The van der Waals surface area contributed by atoms with Crippen LogP contribution in [0.1, 0.15) is 32.8 Å². The average molecular weight is 193 g/mol. The van der Waals surface area contributed by atoms with Gasteiger partial charge in [-0.05, 0) is 12.0 Å². The Morgan fingerprint density at radius 2 is 2.21 bits per heavy atom. The summed E-state index contributed by atoms with van der Waals surface area (Å²) in [4.78, 5) is 22.8. The number of aryl methyl sites for hydroxylation is 1. The van der Waals surface area contributed by atoms with Gasteiger partial charge in [0.2, 0.25) is 0 Å². The third-order valence-corrected chi connectivity index (χ3v) is 2.56. The maximum atomic E-state index is 11.4. The number of hydrogen-bond donors (Lipinski definition) is 0. The Hall–Kier alpha value is -1.58. The van der Waals surface area contributed by atoms with Crippen LogP contribution < -0.4 is 0 Å². The van der Waals surface area contributed by atoms with Crippen molar-refractivity contribution in [3.8, 4) is 0 Å². The SMILES string of the molecule is COC(=O)c1cn(C)c2c1CCC2=O. The second-order valence-corrected chi connectivity index (χ2v) is 3.40. The summed E-state index contributed by atoms with van der Waals surface area (Å²) in [7, 11) is 3.12. The van der Waals surface area contributed by atoms with Gasteiger partial charge in [-0.1, -0.05) is 0 Å². The number of ether oxygens (including phenoxy) is 1. The van der Waals surface area contributed by atoms with Crippen LogP contribution in [0.4, 0.5) is 0 Å². The standard InChI is InChI=1S/C10H11NO3/c1-11-5-7(10(13)14-2)6-3-4-8(12)9(6)11/h5H,3-4H2,1-2H3. The molecule has 0 saturated heterocycles. The number of carbonyl (C=O) groups is 2. The van der Waals surface area contributed by atoms with Crippen LogP contribution in [0.25, 0.3) is 0 Å². The molecule has 0 atom stereocenters. The normalized spacial score (nSPS) is 14.3. The highest BCUT2D eigenvalue weighted by atomic mass is 16.5. The van der Waals surface area contributed by atoms with Crippen LogP contribution in [0, 0.1) is 0 Å². The molecule has 1 heterocycles. The molecule has 1 aromatic rings. The molecule has 0 fully saturated rings. The zero-order valence-corrected chi connectivity index (χ0v) is 8.16. The van der Waals surface area contributed by atoms with E-state index in [0.717, 1.165) is 5.56 Å². The Bertz CT molecular complexity index is 417. The van der Waals surface area contributed by atoms with Gasteiger partial charge in [-0.2, -0.15) is 0 Å². The second-order valence-electron chi connectivity index (χ2n) is 3.40. The lowest BCUT2D eigenvalue weighted by Gasteiger charge is -1.96. The van der Waals surface area contributed by atoms with Crippen LogP contribution in [-0.4, -0.2) is 23.4 Å². The molecule has 0 saturated carbocycles. The summed E-state index contributed by atoms with van der Waals surface area (Å²) in [6.45, 7) is 0. The quantitative estimate of drug-likeness (QED) is 0.623. The minimum Gasteiger partial charge on any atom is -0.465 e. The monoisotopic (exact) mass is 193 g/mol.